The van der Waals surface area contributed by atoms with Crippen LogP contribution in [-0.4, -0.2) is 29.3 Å². The van der Waals surface area contributed by atoms with Crippen molar-refractivity contribution >= 4 is 11.5 Å². The second kappa shape index (κ2) is 7.06. The predicted molar refractivity (Wildman–Crippen MR) is 67.8 cm³/mol. The van der Waals surface area contributed by atoms with Gasteiger partial charge in [0.15, 0.2) is 0 Å². The third-order valence-corrected chi connectivity index (χ3v) is 2.40. The molecule has 0 spiro atoms. The van der Waals surface area contributed by atoms with Crippen molar-refractivity contribution in [1.29, 1.82) is 0 Å². The number of rotatable bonds is 7. The van der Waals surface area contributed by atoms with Gasteiger partial charge in [-0.15, -0.1) is 0 Å². The monoisotopic (exact) mass is 223 g/mol. The third-order valence-electron chi connectivity index (χ3n) is 2.40. The van der Waals surface area contributed by atoms with Gasteiger partial charge < -0.3 is 15.7 Å². The summed E-state index contributed by atoms with van der Waals surface area (Å²) in [7, 11) is 0. The predicted octanol–water partition coefficient (Wildman–Crippen LogP) is 2.09. The molecule has 1 unspecified atom stereocenters. The van der Waals surface area contributed by atoms with Crippen molar-refractivity contribution in [3.05, 3.63) is 18.3 Å². The van der Waals surface area contributed by atoms with E-state index >= 15 is 0 Å². The molecule has 16 heavy (non-hydrogen) atoms. The molecule has 1 heterocycles. The van der Waals surface area contributed by atoms with Gasteiger partial charge in [-0.1, -0.05) is 6.92 Å². The highest BCUT2D eigenvalue weighted by atomic mass is 16.3. The molecule has 0 aliphatic heterocycles. The first-order chi connectivity index (χ1) is 7.76. The van der Waals surface area contributed by atoms with E-state index in [0.29, 0.717) is 0 Å². The number of aromatic nitrogens is 1. The molecule has 1 aromatic rings. The summed E-state index contributed by atoms with van der Waals surface area (Å²) in [5.74, 6) is 0.878. The van der Waals surface area contributed by atoms with Gasteiger partial charge in [0.1, 0.15) is 5.82 Å². The largest absolute Gasteiger partial charge is 0.393 e. The van der Waals surface area contributed by atoms with Gasteiger partial charge in [-0.05, 0) is 25.8 Å². The molecule has 0 saturated carbocycles. The average molecular weight is 223 g/mol. The minimum absolute atomic E-state index is 0.206. The van der Waals surface area contributed by atoms with E-state index in [0.717, 1.165) is 37.4 Å². The molecule has 0 aliphatic rings. The van der Waals surface area contributed by atoms with Gasteiger partial charge in [0, 0.05) is 31.0 Å². The van der Waals surface area contributed by atoms with E-state index in [1.807, 2.05) is 26.0 Å². The number of nitrogens with zero attached hydrogens (tertiary/aromatic N) is 1. The zero-order valence-corrected chi connectivity index (χ0v) is 10.0. The summed E-state index contributed by atoms with van der Waals surface area (Å²) in [5.41, 5.74) is 1.04. The fourth-order valence-electron chi connectivity index (χ4n) is 1.41. The maximum absolute atomic E-state index is 9.41. The van der Waals surface area contributed by atoms with Gasteiger partial charge in [0.2, 0.25) is 0 Å². The maximum atomic E-state index is 9.41. The minimum atomic E-state index is -0.206. The van der Waals surface area contributed by atoms with Crippen LogP contribution in [0.3, 0.4) is 0 Å². The Morgan fingerprint density at radius 3 is 2.88 bits per heavy atom. The number of aliphatic hydroxyl groups excluding tert-OH is 1. The molecule has 0 bridgehead atoms. The molecule has 0 saturated heterocycles. The molecule has 0 amide bonds. The van der Waals surface area contributed by atoms with Crippen LogP contribution in [0.2, 0.25) is 0 Å². The van der Waals surface area contributed by atoms with Crippen LogP contribution >= 0.6 is 0 Å². The summed E-state index contributed by atoms with van der Waals surface area (Å²) in [6.07, 6.45) is 3.15. The van der Waals surface area contributed by atoms with E-state index < -0.39 is 0 Å². The fraction of sp³-hybridized carbons (Fsp3) is 0.583. The van der Waals surface area contributed by atoms with Crippen LogP contribution < -0.4 is 10.6 Å². The molecule has 1 atom stereocenters. The highest BCUT2D eigenvalue weighted by molar-refractivity contribution is 5.51. The number of anilines is 2. The Morgan fingerprint density at radius 1 is 1.38 bits per heavy atom. The maximum Gasteiger partial charge on any atom is 0.127 e. The second-order valence-corrected chi connectivity index (χ2v) is 3.74. The van der Waals surface area contributed by atoms with Gasteiger partial charge in [-0.3, -0.25) is 0 Å². The molecule has 0 aliphatic carbocycles. The van der Waals surface area contributed by atoms with E-state index in [2.05, 4.69) is 15.6 Å². The lowest BCUT2D eigenvalue weighted by molar-refractivity contribution is 0.164. The summed E-state index contributed by atoms with van der Waals surface area (Å²) in [4.78, 5) is 4.19. The van der Waals surface area contributed by atoms with Crippen LogP contribution in [0.15, 0.2) is 18.3 Å². The van der Waals surface area contributed by atoms with Crippen LogP contribution in [0.1, 0.15) is 26.7 Å². The number of nitrogens with one attached hydrogen (secondary N) is 2. The normalized spacial score (nSPS) is 12.2. The number of hydrogen-bond donors (Lipinski definition) is 3. The SMILES string of the molecule is CCNc1cc(NCCC(O)CC)ccn1. The lowest BCUT2D eigenvalue weighted by Crippen LogP contribution is -2.12. The Kier molecular flexibility index (Phi) is 5.64. The van der Waals surface area contributed by atoms with E-state index in [1.165, 1.54) is 0 Å². The van der Waals surface area contributed by atoms with Crippen LogP contribution in [0, 0.1) is 0 Å². The topological polar surface area (TPSA) is 57.2 Å². The molecule has 0 aromatic carbocycles. The van der Waals surface area contributed by atoms with Crippen molar-refractivity contribution < 1.29 is 5.11 Å². The van der Waals surface area contributed by atoms with Gasteiger partial charge in [0.25, 0.3) is 0 Å². The average Bonchev–Trinajstić information content (AvgIpc) is 2.30. The van der Waals surface area contributed by atoms with Crippen molar-refractivity contribution in [2.75, 3.05) is 23.7 Å². The summed E-state index contributed by atoms with van der Waals surface area (Å²) in [6, 6.07) is 3.90. The molecular weight excluding hydrogens is 202 g/mol. The minimum Gasteiger partial charge on any atom is -0.393 e. The quantitative estimate of drug-likeness (QED) is 0.662. The summed E-state index contributed by atoms with van der Waals surface area (Å²) in [6.45, 7) is 5.68. The lowest BCUT2D eigenvalue weighted by Gasteiger charge is -2.10. The van der Waals surface area contributed by atoms with Crippen LogP contribution in [0.25, 0.3) is 0 Å². The third kappa shape index (κ3) is 4.49. The molecule has 0 fully saturated rings. The highest BCUT2D eigenvalue weighted by Crippen LogP contribution is 2.11. The van der Waals surface area contributed by atoms with Crippen LogP contribution in [0.4, 0.5) is 11.5 Å². The first-order valence-corrected chi connectivity index (χ1v) is 5.88. The van der Waals surface area contributed by atoms with Crippen molar-refractivity contribution in [2.45, 2.75) is 32.8 Å². The van der Waals surface area contributed by atoms with Gasteiger partial charge in [-0.2, -0.15) is 0 Å². The van der Waals surface area contributed by atoms with E-state index in [4.69, 9.17) is 0 Å². The van der Waals surface area contributed by atoms with Gasteiger partial charge in [-0.25, -0.2) is 4.98 Å². The van der Waals surface area contributed by atoms with E-state index in [9.17, 15) is 5.11 Å². The highest BCUT2D eigenvalue weighted by Gasteiger charge is 2.00. The van der Waals surface area contributed by atoms with Crippen molar-refractivity contribution in [3.63, 3.8) is 0 Å². The van der Waals surface area contributed by atoms with Gasteiger partial charge in [0.05, 0.1) is 6.10 Å². The summed E-state index contributed by atoms with van der Waals surface area (Å²) >= 11 is 0. The smallest absolute Gasteiger partial charge is 0.127 e. The zero-order chi connectivity index (χ0) is 11.8. The molecule has 4 nitrogen and oxygen atoms in total. The molecule has 4 heteroatoms. The Hall–Kier alpha value is -1.29. The fourth-order valence-corrected chi connectivity index (χ4v) is 1.41. The molecule has 3 N–H and O–H groups in total. The first kappa shape index (κ1) is 12.8. The molecule has 0 radical (unpaired) electrons. The Balaban J connectivity index is 2.38. The lowest BCUT2D eigenvalue weighted by atomic mass is 10.2. The molecule has 1 rings (SSSR count). The molecule has 90 valence electrons. The Bertz CT molecular complexity index is 304. The first-order valence-electron chi connectivity index (χ1n) is 5.88. The van der Waals surface area contributed by atoms with E-state index in [-0.39, 0.29) is 6.10 Å². The zero-order valence-electron chi connectivity index (χ0n) is 10.0. The molecule has 1 aromatic heterocycles. The standard InChI is InChI=1S/C12H21N3O/c1-3-11(16)6-8-14-10-5-7-15-12(9-10)13-4-2/h5,7,9,11,16H,3-4,6,8H2,1-2H3,(H2,13,14,15). The van der Waals surface area contributed by atoms with Gasteiger partial charge >= 0.3 is 0 Å². The number of aliphatic hydroxyl groups is 1. The van der Waals surface area contributed by atoms with Crippen molar-refractivity contribution in [3.8, 4) is 0 Å². The Labute approximate surface area is 97.1 Å². The van der Waals surface area contributed by atoms with E-state index in [1.54, 1.807) is 6.20 Å². The second-order valence-electron chi connectivity index (χ2n) is 3.74. The van der Waals surface area contributed by atoms with Crippen molar-refractivity contribution in [2.24, 2.45) is 0 Å². The number of pyridine rings is 1. The molecular formula is C12H21N3O. The number of hydrogen-bond acceptors (Lipinski definition) is 4. The van der Waals surface area contributed by atoms with Crippen LogP contribution in [0.5, 0.6) is 0 Å². The van der Waals surface area contributed by atoms with Crippen molar-refractivity contribution in [1.82, 2.24) is 4.98 Å². The van der Waals surface area contributed by atoms with Crippen LogP contribution in [-0.2, 0) is 0 Å². The Morgan fingerprint density at radius 2 is 2.19 bits per heavy atom. The summed E-state index contributed by atoms with van der Waals surface area (Å²) in [5, 5.41) is 15.8. The summed E-state index contributed by atoms with van der Waals surface area (Å²) < 4.78 is 0.